The molecule has 1 aliphatic carbocycles. The first-order chi connectivity index (χ1) is 12.2. The quantitative estimate of drug-likeness (QED) is 0.728. The summed E-state index contributed by atoms with van der Waals surface area (Å²) in [5.74, 6) is 0.338. The minimum Gasteiger partial charge on any atom is -0.445 e. The molecule has 5 nitrogen and oxygen atoms in total. The molecule has 2 amide bonds. The molecule has 0 spiro atoms. The van der Waals surface area contributed by atoms with E-state index in [1.54, 1.807) is 4.90 Å². The van der Waals surface area contributed by atoms with Crippen molar-refractivity contribution in [2.75, 3.05) is 25.5 Å². The van der Waals surface area contributed by atoms with E-state index in [0.29, 0.717) is 31.7 Å². The van der Waals surface area contributed by atoms with Crippen LogP contribution in [0.2, 0.25) is 0 Å². The van der Waals surface area contributed by atoms with Crippen molar-refractivity contribution in [3.63, 3.8) is 0 Å². The molecule has 0 aromatic heterocycles. The third-order valence-corrected chi connectivity index (χ3v) is 5.09. The number of rotatable bonds is 6. The van der Waals surface area contributed by atoms with Crippen molar-refractivity contribution < 1.29 is 14.3 Å². The number of carbonyl (C=O) groups excluding carboxylic acids is 2. The van der Waals surface area contributed by atoms with Crippen LogP contribution in [0.1, 0.15) is 31.2 Å². The van der Waals surface area contributed by atoms with Crippen LogP contribution in [0.3, 0.4) is 0 Å². The van der Waals surface area contributed by atoms with Gasteiger partial charge in [-0.05, 0) is 37.2 Å². The van der Waals surface area contributed by atoms with Crippen LogP contribution in [0.5, 0.6) is 0 Å². The Bertz CT molecular complexity index is 592. The van der Waals surface area contributed by atoms with Crippen molar-refractivity contribution in [3.8, 4) is 0 Å². The summed E-state index contributed by atoms with van der Waals surface area (Å²) < 4.78 is 5.43. The number of piperidine rings is 1. The van der Waals surface area contributed by atoms with Crippen molar-refractivity contribution >= 4 is 23.6 Å². The van der Waals surface area contributed by atoms with Crippen molar-refractivity contribution in [3.05, 3.63) is 35.9 Å². The van der Waals surface area contributed by atoms with Crippen molar-refractivity contribution in [1.29, 1.82) is 0 Å². The molecule has 1 aromatic rings. The Morgan fingerprint density at radius 1 is 1.20 bits per heavy atom. The first-order valence-electron chi connectivity index (χ1n) is 8.98. The molecular formula is C19H25ClN2O3. The molecule has 0 unspecified atom stereocenters. The number of hydrogen-bond acceptors (Lipinski definition) is 3. The third-order valence-electron chi connectivity index (χ3n) is 4.86. The van der Waals surface area contributed by atoms with Gasteiger partial charge in [0.25, 0.3) is 0 Å². The second-order valence-electron chi connectivity index (χ2n) is 6.91. The van der Waals surface area contributed by atoms with Gasteiger partial charge >= 0.3 is 6.09 Å². The van der Waals surface area contributed by atoms with E-state index in [-0.39, 0.29) is 17.9 Å². The summed E-state index contributed by atoms with van der Waals surface area (Å²) >= 11 is 5.74. The van der Waals surface area contributed by atoms with E-state index >= 15 is 0 Å². The lowest BCUT2D eigenvalue weighted by Gasteiger charge is -2.35. The Morgan fingerprint density at radius 3 is 2.64 bits per heavy atom. The zero-order valence-corrected chi connectivity index (χ0v) is 15.2. The summed E-state index contributed by atoms with van der Waals surface area (Å²) in [4.78, 5) is 28.1. The predicted molar refractivity (Wildman–Crippen MR) is 96.4 cm³/mol. The maximum absolute atomic E-state index is 12.3. The van der Waals surface area contributed by atoms with Crippen molar-refractivity contribution in [1.82, 2.24) is 9.80 Å². The smallest absolute Gasteiger partial charge is 0.410 e. The van der Waals surface area contributed by atoms with Gasteiger partial charge in [-0.15, -0.1) is 11.6 Å². The van der Waals surface area contributed by atoms with Gasteiger partial charge in [0.1, 0.15) is 12.5 Å². The van der Waals surface area contributed by atoms with E-state index in [0.717, 1.165) is 37.8 Å². The van der Waals surface area contributed by atoms with Crippen LogP contribution in [0.4, 0.5) is 4.79 Å². The minimum atomic E-state index is -0.268. The average Bonchev–Trinajstić information content (AvgIpc) is 3.49. The number of likely N-dealkylation sites (tertiary alicyclic amines) is 1. The highest BCUT2D eigenvalue weighted by atomic mass is 35.5. The minimum absolute atomic E-state index is 0.00736. The summed E-state index contributed by atoms with van der Waals surface area (Å²) in [5.41, 5.74) is 0.983. The van der Waals surface area contributed by atoms with Gasteiger partial charge in [0.2, 0.25) is 5.91 Å². The van der Waals surface area contributed by atoms with E-state index in [4.69, 9.17) is 16.3 Å². The molecule has 1 heterocycles. The van der Waals surface area contributed by atoms with E-state index in [1.165, 1.54) is 0 Å². The van der Waals surface area contributed by atoms with Gasteiger partial charge in [0, 0.05) is 25.7 Å². The number of amides is 2. The second-order valence-corrected chi connectivity index (χ2v) is 7.17. The van der Waals surface area contributed by atoms with E-state index < -0.39 is 0 Å². The first kappa shape index (κ1) is 18.1. The fourth-order valence-corrected chi connectivity index (χ4v) is 3.54. The Labute approximate surface area is 153 Å². The molecule has 3 rings (SSSR count). The Kier molecular flexibility index (Phi) is 6.19. The second kappa shape index (κ2) is 8.56. The molecule has 0 radical (unpaired) electrons. The van der Waals surface area contributed by atoms with Crippen LogP contribution in [-0.2, 0) is 16.1 Å². The molecule has 0 N–H and O–H groups in total. The molecule has 0 bridgehead atoms. The van der Waals surface area contributed by atoms with Crippen LogP contribution in [0.25, 0.3) is 0 Å². The fraction of sp³-hybridized carbons (Fsp3) is 0.579. The summed E-state index contributed by atoms with van der Waals surface area (Å²) in [7, 11) is 0. The van der Waals surface area contributed by atoms with Gasteiger partial charge < -0.3 is 14.5 Å². The lowest BCUT2D eigenvalue weighted by molar-refractivity contribution is -0.129. The zero-order valence-electron chi connectivity index (χ0n) is 14.4. The Hall–Kier alpha value is -1.75. The van der Waals surface area contributed by atoms with Gasteiger partial charge in [-0.2, -0.15) is 0 Å². The molecule has 2 fully saturated rings. The molecule has 1 saturated heterocycles. The average molecular weight is 365 g/mol. The molecule has 1 atom stereocenters. The van der Waals surface area contributed by atoms with Crippen molar-refractivity contribution in [2.24, 2.45) is 5.92 Å². The van der Waals surface area contributed by atoms with E-state index in [9.17, 15) is 9.59 Å². The highest BCUT2D eigenvalue weighted by Crippen LogP contribution is 2.29. The lowest BCUT2D eigenvalue weighted by atomic mass is 9.97. The van der Waals surface area contributed by atoms with Crippen molar-refractivity contribution in [2.45, 2.75) is 38.3 Å². The maximum atomic E-state index is 12.3. The predicted octanol–water partition coefficient (Wildman–Crippen LogP) is 3.27. The zero-order chi connectivity index (χ0) is 17.6. The number of hydrogen-bond donors (Lipinski definition) is 0. The lowest BCUT2D eigenvalue weighted by Crippen LogP contribution is -2.46. The maximum Gasteiger partial charge on any atom is 0.410 e. The van der Waals surface area contributed by atoms with Crippen LogP contribution < -0.4 is 0 Å². The largest absolute Gasteiger partial charge is 0.445 e. The van der Waals surface area contributed by atoms with Gasteiger partial charge in [-0.1, -0.05) is 30.3 Å². The molecular weight excluding hydrogens is 340 g/mol. The number of ether oxygens (including phenoxy) is 1. The number of benzene rings is 1. The molecule has 6 heteroatoms. The van der Waals surface area contributed by atoms with Gasteiger partial charge in [-0.3, -0.25) is 4.79 Å². The standard InChI is InChI=1S/C19H25ClN2O3/c20-11-18(23)22(17-8-9-17)13-16-7-4-10-21(12-16)19(24)25-14-15-5-2-1-3-6-15/h1-3,5-6,16-17H,4,7-14H2/t16-/m1/s1. The van der Waals surface area contributed by atoms with Gasteiger partial charge in [-0.25, -0.2) is 4.79 Å². The SMILES string of the molecule is O=C(OCc1ccccc1)N1CCC[C@@H](CN(C(=O)CCl)C2CC2)C1. The molecule has 1 aliphatic heterocycles. The summed E-state index contributed by atoms with van der Waals surface area (Å²) in [6, 6.07) is 10.0. The molecule has 1 saturated carbocycles. The van der Waals surface area contributed by atoms with Crippen LogP contribution in [0, 0.1) is 5.92 Å². The number of halogens is 1. The monoisotopic (exact) mass is 364 g/mol. The number of carbonyl (C=O) groups is 2. The van der Waals surface area contributed by atoms with E-state index in [2.05, 4.69) is 0 Å². The third kappa shape index (κ3) is 5.11. The van der Waals surface area contributed by atoms with Gasteiger partial charge in [0.05, 0.1) is 0 Å². The first-order valence-corrected chi connectivity index (χ1v) is 9.52. The Morgan fingerprint density at radius 2 is 1.96 bits per heavy atom. The van der Waals surface area contributed by atoms with E-state index in [1.807, 2.05) is 35.2 Å². The van der Waals surface area contributed by atoms with Gasteiger partial charge in [0.15, 0.2) is 0 Å². The van der Waals surface area contributed by atoms with Crippen LogP contribution >= 0.6 is 11.6 Å². The van der Waals surface area contributed by atoms with Crippen LogP contribution in [0.15, 0.2) is 30.3 Å². The Balaban J connectivity index is 1.50. The molecule has 136 valence electrons. The van der Waals surface area contributed by atoms with Crippen LogP contribution in [-0.4, -0.2) is 53.4 Å². The number of nitrogens with zero attached hydrogens (tertiary/aromatic N) is 2. The summed E-state index contributed by atoms with van der Waals surface area (Å²) in [5, 5.41) is 0. The molecule has 25 heavy (non-hydrogen) atoms. The highest BCUT2D eigenvalue weighted by molar-refractivity contribution is 6.27. The number of alkyl halides is 1. The highest BCUT2D eigenvalue weighted by Gasteiger charge is 2.35. The summed E-state index contributed by atoms with van der Waals surface area (Å²) in [6.07, 6.45) is 3.84. The molecule has 1 aromatic carbocycles. The molecule has 2 aliphatic rings. The topological polar surface area (TPSA) is 49.9 Å². The fourth-order valence-electron chi connectivity index (χ4n) is 3.39. The normalized spacial score (nSPS) is 20.2. The summed E-state index contributed by atoms with van der Waals surface area (Å²) in [6.45, 7) is 2.35.